The Bertz CT molecular complexity index is 513. The van der Waals surface area contributed by atoms with Crippen molar-refractivity contribution in [2.24, 2.45) is 5.92 Å². The van der Waals surface area contributed by atoms with Crippen LogP contribution < -0.4 is 10.6 Å². The predicted molar refractivity (Wildman–Crippen MR) is 77.6 cm³/mol. The van der Waals surface area contributed by atoms with Crippen LogP contribution in [-0.4, -0.2) is 30.9 Å². The molecule has 0 radical (unpaired) electrons. The van der Waals surface area contributed by atoms with Crippen molar-refractivity contribution in [3.8, 4) is 0 Å². The van der Waals surface area contributed by atoms with E-state index in [1.807, 2.05) is 6.92 Å². The van der Waals surface area contributed by atoms with Crippen LogP contribution in [0.2, 0.25) is 0 Å². The number of hydrogen-bond acceptors (Lipinski definition) is 3. The Labute approximate surface area is 125 Å². The molecule has 3 nitrogen and oxygen atoms in total. The van der Waals surface area contributed by atoms with E-state index in [-0.39, 0.29) is 11.8 Å². The number of benzene rings is 1. The summed E-state index contributed by atoms with van der Waals surface area (Å²) in [6.07, 6.45) is -3.48. The second-order valence-corrected chi connectivity index (χ2v) is 6.10. The lowest BCUT2D eigenvalue weighted by atomic mass is 10.1. The van der Waals surface area contributed by atoms with Gasteiger partial charge in [0.05, 0.1) is 17.4 Å². The van der Waals surface area contributed by atoms with Gasteiger partial charge < -0.3 is 10.6 Å². The van der Waals surface area contributed by atoms with Crippen LogP contribution in [0.25, 0.3) is 0 Å². The van der Waals surface area contributed by atoms with Gasteiger partial charge in [-0.3, -0.25) is 4.79 Å². The smallest absolute Gasteiger partial charge is 0.325 e. The second kappa shape index (κ2) is 6.70. The summed E-state index contributed by atoms with van der Waals surface area (Å²) >= 11 is 0.692. The first kappa shape index (κ1) is 16.2. The molecule has 116 valence electrons. The van der Waals surface area contributed by atoms with E-state index < -0.39 is 11.9 Å². The van der Waals surface area contributed by atoms with E-state index in [4.69, 9.17) is 0 Å². The number of anilines is 1. The number of carbonyl (C=O) groups is 1. The molecule has 0 bridgehead atoms. The van der Waals surface area contributed by atoms with Gasteiger partial charge in [0.1, 0.15) is 0 Å². The molecule has 1 aromatic rings. The molecule has 1 fully saturated rings. The second-order valence-electron chi connectivity index (χ2n) is 5.08. The maximum atomic E-state index is 12.3. The average molecular weight is 318 g/mol. The van der Waals surface area contributed by atoms with Crippen molar-refractivity contribution in [2.75, 3.05) is 24.2 Å². The molecule has 1 heterocycles. The highest BCUT2D eigenvalue weighted by molar-refractivity contribution is 7.99. The zero-order chi connectivity index (χ0) is 15.5. The van der Waals surface area contributed by atoms with Crippen LogP contribution in [0.1, 0.15) is 12.0 Å². The van der Waals surface area contributed by atoms with Crippen molar-refractivity contribution in [1.82, 2.24) is 5.32 Å². The van der Waals surface area contributed by atoms with Crippen LogP contribution in [0.5, 0.6) is 0 Å². The maximum Gasteiger partial charge on any atom is 0.398 e. The van der Waals surface area contributed by atoms with Crippen molar-refractivity contribution in [3.63, 3.8) is 0 Å². The van der Waals surface area contributed by atoms with Crippen LogP contribution >= 0.6 is 11.8 Å². The molecular formula is C14H17F3N2OS. The molecule has 0 saturated carbocycles. The van der Waals surface area contributed by atoms with Gasteiger partial charge in [-0.2, -0.15) is 13.2 Å². The largest absolute Gasteiger partial charge is 0.398 e. The highest BCUT2D eigenvalue weighted by atomic mass is 32.2. The summed E-state index contributed by atoms with van der Waals surface area (Å²) in [5, 5.41) is 5.86. The molecule has 0 aromatic heterocycles. The van der Waals surface area contributed by atoms with Crippen molar-refractivity contribution in [3.05, 3.63) is 23.8 Å². The molecule has 1 aromatic carbocycles. The zero-order valence-corrected chi connectivity index (χ0v) is 12.4. The van der Waals surface area contributed by atoms with Crippen molar-refractivity contribution in [1.29, 1.82) is 0 Å². The van der Waals surface area contributed by atoms with Crippen LogP contribution in [0, 0.1) is 12.8 Å². The number of nitrogens with one attached hydrogen (secondary N) is 2. The number of thioether (sulfide) groups is 1. The van der Waals surface area contributed by atoms with Crippen LogP contribution in [0.3, 0.4) is 0 Å². The highest BCUT2D eigenvalue weighted by Gasteiger charge is 2.28. The minimum atomic E-state index is -4.23. The lowest BCUT2D eigenvalue weighted by Crippen LogP contribution is -2.25. The maximum absolute atomic E-state index is 12.3. The molecule has 0 aliphatic carbocycles. The quantitative estimate of drug-likeness (QED) is 0.838. The lowest BCUT2D eigenvalue weighted by molar-refractivity contribution is -0.119. The first-order valence-corrected chi connectivity index (χ1v) is 7.65. The van der Waals surface area contributed by atoms with Gasteiger partial charge in [-0.15, -0.1) is 11.8 Å². The number of halogens is 3. The summed E-state index contributed by atoms with van der Waals surface area (Å²) in [5.74, 6) is -1.23. The minimum absolute atomic E-state index is 0.119. The third-order valence-electron chi connectivity index (χ3n) is 3.22. The van der Waals surface area contributed by atoms with Gasteiger partial charge >= 0.3 is 6.18 Å². The van der Waals surface area contributed by atoms with Crippen molar-refractivity contribution < 1.29 is 18.0 Å². The van der Waals surface area contributed by atoms with E-state index in [0.29, 0.717) is 28.9 Å². The topological polar surface area (TPSA) is 41.1 Å². The lowest BCUT2D eigenvalue weighted by Gasteiger charge is -2.15. The molecule has 7 heteroatoms. The van der Waals surface area contributed by atoms with E-state index in [1.54, 1.807) is 18.2 Å². The van der Waals surface area contributed by atoms with E-state index in [1.165, 1.54) is 0 Å². The summed E-state index contributed by atoms with van der Waals surface area (Å²) < 4.78 is 37.0. The molecule has 1 aliphatic rings. The summed E-state index contributed by atoms with van der Waals surface area (Å²) in [5.41, 5.74) is 1.35. The SMILES string of the molecule is Cc1ccc(SCC(F)(F)F)c(NC(=O)C2CCNC2)c1. The molecule has 1 atom stereocenters. The Morgan fingerprint density at radius 2 is 2.24 bits per heavy atom. The summed E-state index contributed by atoms with van der Waals surface area (Å²) in [7, 11) is 0. The minimum Gasteiger partial charge on any atom is -0.325 e. The van der Waals surface area contributed by atoms with Crippen molar-refractivity contribution in [2.45, 2.75) is 24.4 Å². The summed E-state index contributed by atoms with van der Waals surface area (Å²) in [6, 6.07) is 5.07. The van der Waals surface area contributed by atoms with E-state index in [9.17, 15) is 18.0 Å². The highest BCUT2D eigenvalue weighted by Crippen LogP contribution is 2.33. The first-order valence-electron chi connectivity index (χ1n) is 6.67. The molecular weight excluding hydrogens is 301 g/mol. The molecule has 1 saturated heterocycles. The van der Waals surface area contributed by atoms with E-state index >= 15 is 0 Å². The average Bonchev–Trinajstić information content (AvgIpc) is 2.90. The van der Waals surface area contributed by atoms with Crippen LogP contribution in [0.15, 0.2) is 23.1 Å². The molecule has 21 heavy (non-hydrogen) atoms. The van der Waals surface area contributed by atoms with Gasteiger partial charge in [-0.25, -0.2) is 0 Å². The molecule has 1 unspecified atom stereocenters. The Hall–Kier alpha value is -1.21. The van der Waals surface area contributed by atoms with Gasteiger partial charge in [0, 0.05) is 11.4 Å². The number of amides is 1. The number of aryl methyl sites for hydroxylation is 1. The molecule has 0 spiro atoms. The Kier molecular flexibility index (Phi) is 5.16. The van der Waals surface area contributed by atoms with Crippen molar-refractivity contribution >= 4 is 23.4 Å². The Balaban J connectivity index is 2.09. The summed E-state index contributed by atoms with van der Waals surface area (Å²) in [4.78, 5) is 12.5. The molecule has 1 amide bonds. The standard InChI is InChI=1S/C14H17F3N2OS/c1-9-2-3-12(21-8-14(15,16)17)11(6-9)19-13(20)10-4-5-18-7-10/h2-3,6,10,18H,4-5,7-8H2,1H3,(H,19,20). The van der Waals surface area contributed by atoms with E-state index in [0.717, 1.165) is 18.5 Å². The fraction of sp³-hybridized carbons (Fsp3) is 0.500. The fourth-order valence-electron chi connectivity index (χ4n) is 2.14. The fourth-order valence-corrected chi connectivity index (χ4v) is 2.89. The van der Waals surface area contributed by atoms with Crippen LogP contribution in [0.4, 0.5) is 18.9 Å². The third-order valence-corrected chi connectivity index (χ3v) is 4.35. The summed E-state index contributed by atoms with van der Waals surface area (Å²) in [6.45, 7) is 3.25. The van der Waals surface area contributed by atoms with E-state index in [2.05, 4.69) is 10.6 Å². The third kappa shape index (κ3) is 4.93. The number of rotatable bonds is 4. The Morgan fingerprint density at radius 3 is 2.86 bits per heavy atom. The van der Waals surface area contributed by atoms with Gasteiger partial charge in [0.2, 0.25) is 5.91 Å². The normalized spacial score (nSPS) is 18.8. The van der Waals surface area contributed by atoms with Crippen LogP contribution in [-0.2, 0) is 4.79 Å². The molecule has 2 N–H and O–H groups in total. The van der Waals surface area contributed by atoms with Gasteiger partial charge in [0.15, 0.2) is 0 Å². The number of carbonyl (C=O) groups excluding carboxylic acids is 1. The van der Waals surface area contributed by atoms with Gasteiger partial charge in [0.25, 0.3) is 0 Å². The number of alkyl halides is 3. The predicted octanol–water partition coefficient (Wildman–Crippen LogP) is 3.20. The monoisotopic (exact) mass is 318 g/mol. The number of hydrogen-bond donors (Lipinski definition) is 2. The Morgan fingerprint density at radius 1 is 1.48 bits per heavy atom. The molecule has 1 aliphatic heterocycles. The first-order chi connectivity index (χ1) is 9.85. The van der Waals surface area contributed by atoms with Gasteiger partial charge in [-0.05, 0) is 37.6 Å². The molecule has 2 rings (SSSR count). The van der Waals surface area contributed by atoms with Gasteiger partial charge in [-0.1, -0.05) is 6.07 Å². The zero-order valence-electron chi connectivity index (χ0n) is 11.6.